The average Bonchev–Trinajstić information content (AvgIpc) is 2.94. The van der Waals surface area contributed by atoms with Crippen LogP contribution >= 0.6 is 36.4 Å². The first-order chi connectivity index (χ1) is 12.5. The van der Waals surface area contributed by atoms with E-state index in [-0.39, 0.29) is 36.8 Å². The van der Waals surface area contributed by atoms with E-state index in [2.05, 4.69) is 15.5 Å². The van der Waals surface area contributed by atoms with Gasteiger partial charge in [0.2, 0.25) is 5.91 Å². The number of benzene rings is 1. The highest BCUT2D eigenvalue weighted by Crippen LogP contribution is 2.28. The summed E-state index contributed by atoms with van der Waals surface area (Å²) in [6, 6.07) is 7.69. The number of halogens is 3. The molecule has 1 N–H and O–H groups in total. The number of amides is 1. The van der Waals surface area contributed by atoms with Gasteiger partial charge in [0.1, 0.15) is 11.6 Å². The minimum atomic E-state index is -0.0459. The molecule has 10 heteroatoms. The average molecular weight is 450 g/mol. The second kappa shape index (κ2) is 11.0. The molecule has 1 aromatic carbocycles. The van der Waals surface area contributed by atoms with E-state index in [0.29, 0.717) is 31.2 Å². The Bertz CT molecular complexity index is 784. The number of nitrogens with zero attached hydrogens (tertiary/aromatic N) is 5. The number of hydrogen-bond acceptors (Lipinski definition) is 5. The van der Waals surface area contributed by atoms with Crippen LogP contribution in [0.5, 0.6) is 0 Å². The lowest BCUT2D eigenvalue weighted by Crippen LogP contribution is -2.51. The number of rotatable bonds is 5. The summed E-state index contributed by atoms with van der Waals surface area (Å²) in [7, 11) is 3.86. The first kappa shape index (κ1) is 24.7. The van der Waals surface area contributed by atoms with Gasteiger partial charge in [-0.2, -0.15) is 0 Å². The number of carbonyl (C=O) groups is 1. The van der Waals surface area contributed by atoms with Crippen molar-refractivity contribution in [2.24, 2.45) is 7.05 Å². The zero-order valence-electron chi connectivity index (χ0n) is 16.3. The van der Waals surface area contributed by atoms with E-state index in [4.69, 9.17) is 11.6 Å². The Balaban J connectivity index is 0.00000196. The molecular weight excluding hydrogens is 423 g/mol. The molecule has 1 saturated heterocycles. The Kier molecular flexibility index (Phi) is 9.66. The van der Waals surface area contributed by atoms with Crippen LogP contribution < -0.4 is 5.32 Å². The zero-order chi connectivity index (χ0) is 18.7. The molecule has 1 aliphatic rings. The summed E-state index contributed by atoms with van der Waals surface area (Å²) in [6.45, 7) is 4.99. The summed E-state index contributed by atoms with van der Waals surface area (Å²) in [5.41, 5.74) is 0.987. The second-order valence-electron chi connectivity index (χ2n) is 6.72. The summed E-state index contributed by atoms with van der Waals surface area (Å²) in [5, 5.41) is 12.3. The van der Waals surface area contributed by atoms with Crippen molar-refractivity contribution in [1.82, 2.24) is 29.9 Å². The highest BCUT2D eigenvalue weighted by Gasteiger charge is 2.29. The molecule has 1 fully saturated rings. The number of likely N-dealkylation sites (N-methyl/N-ethyl adjacent to an activating group) is 1. The Morgan fingerprint density at radius 2 is 2.04 bits per heavy atom. The van der Waals surface area contributed by atoms with Crippen LogP contribution in [0.15, 0.2) is 24.3 Å². The van der Waals surface area contributed by atoms with Crippen LogP contribution in [0.4, 0.5) is 0 Å². The van der Waals surface area contributed by atoms with Gasteiger partial charge in [0.05, 0.1) is 19.1 Å². The molecule has 0 aliphatic carbocycles. The normalized spacial score (nSPS) is 16.5. The van der Waals surface area contributed by atoms with Crippen LogP contribution in [0.25, 0.3) is 0 Å². The fourth-order valence-corrected chi connectivity index (χ4v) is 3.50. The minimum absolute atomic E-state index is 0. The summed E-state index contributed by atoms with van der Waals surface area (Å²) < 4.78 is 1.94. The topological polar surface area (TPSA) is 66.3 Å². The summed E-state index contributed by atoms with van der Waals surface area (Å²) in [5.74, 6) is 1.80. The summed E-state index contributed by atoms with van der Waals surface area (Å²) in [6.07, 6.45) is 0. The molecular formula is C18H27Cl3N6O. The van der Waals surface area contributed by atoms with Crippen molar-refractivity contribution in [2.45, 2.75) is 19.5 Å². The first-order valence-electron chi connectivity index (χ1n) is 8.75. The molecule has 2 heterocycles. The lowest BCUT2D eigenvalue weighted by molar-refractivity contribution is -0.135. The number of aromatic nitrogens is 3. The van der Waals surface area contributed by atoms with Crippen molar-refractivity contribution in [3.63, 3.8) is 0 Å². The van der Waals surface area contributed by atoms with Crippen LogP contribution in [0, 0.1) is 6.92 Å². The maximum atomic E-state index is 13.0. The highest BCUT2D eigenvalue weighted by atomic mass is 35.5. The van der Waals surface area contributed by atoms with Crippen molar-refractivity contribution >= 4 is 42.3 Å². The minimum Gasteiger partial charge on any atom is -0.332 e. The predicted octanol–water partition coefficient (Wildman–Crippen LogP) is 2.23. The molecule has 0 bridgehead atoms. The zero-order valence-corrected chi connectivity index (χ0v) is 18.6. The fourth-order valence-electron chi connectivity index (χ4n) is 3.23. The number of carbonyl (C=O) groups excluding carboxylic acids is 1. The molecule has 0 radical (unpaired) electrons. The van der Waals surface area contributed by atoms with Crippen LogP contribution in [0.3, 0.4) is 0 Å². The standard InChI is InChI=1S/C18H25ClN6O.2ClH/c1-13-21-22-17(24(13)3)11-23(2)12-18(26)25-9-8-20-10-16(25)14-6-4-5-7-15(14)19;;/h4-7,16,20H,8-12H2,1-3H3;2*1H. The largest absolute Gasteiger partial charge is 0.332 e. The van der Waals surface area contributed by atoms with E-state index in [1.807, 2.05) is 59.7 Å². The van der Waals surface area contributed by atoms with E-state index in [9.17, 15) is 4.79 Å². The first-order valence-corrected chi connectivity index (χ1v) is 9.13. The van der Waals surface area contributed by atoms with Gasteiger partial charge in [0, 0.05) is 31.7 Å². The molecule has 3 rings (SSSR count). The third kappa shape index (κ3) is 5.58. The molecule has 0 spiro atoms. The Morgan fingerprint density at radius 3 is 2.68 bits per heavy atom. The third-order valence-electron chi connectivity index (χ3n) is 4.83. The molecule has 1 unspecified atom stereocenters. The highest BCUT2D eigenvalue weighted by molar-refractivity contribution is 6.31. The second-order valence-corrected chi connectivity index (χ2v) is 7.13. The molecule has 28 heavy (non-hydrogen) atoms. The van der Waals surface area contributed by atoms with Gasteiger partial charge >= 0.3 is 0 Å². The van der Waals surface area contributed by atoms with Gasteiger partial charge in [-0.25, -0.2) is 0 Å². The molecule has 1 aromatic heterocycles. The smallest absolute Gasteiger partial charge is 0.237 e. The predicted molar refractivity (Wildman–Crippen MR) is 115 cm³/mol. The van der Waals surface area contributed by atoms with E-state index in [1.54, 1.807) is 0 Å². The number of hydrogen-bond donors (Lipinski definition) is 1. The SMILES string of the molecule is Cc1nnc(CN(C)CC(=O)N2CCNCC2c2ccccc2Cl)n1C.Cl.Cl. The molecule has 2 aromatic rings. The lowest BCUT2D eigenvalue weighted by Gasteiger charge is -2.37. The van der Waals surface area contributed by atoms with Gasteiger partial charge in [-0.05, 0) is 25.6 Å². The maximum Gasteiger partial charge on any atom is 0.237 e. The Hall–Kier alpha value is -1.38. The molecule has 7 nitrogen and oxygen atoms in total. The number of aryl methyl sites for hydroxylation is 1. The quantitative estimate of drug-likeness (QED) is 0.758. The summed E-state index contributed by atoms with van der Waals surface area (Å²) >= 11 is 6.37. The lowest BCUT2D eigenvalue weighted by atomic mass is 10.0. The molecule has 1 atom stereocenters. The number of piperazine rings is 1. The van der Waals surface area contributed by atoms with Gasteiger partial charge < -0.3 is 14.8 Å². The molecule has 156 valence electrons. The van der Waals surface area contributed by atoms with Crippen LogP contribution in [-0.2, 0) is 18.4 Å². The van der Waals surface area contributed by atoms with E-state index in [1.165, 1.54) is 0 Å². The van der Waals surface area contributed by atoms with Gasteiger partial charge in [-0.1, -0.05) is 29.8 Å². The van der Waals surface area contributed by atoms with Gasteiger partial charge in [-0.15, -0.1) is 35.0 Å². The van der Waals surface area contributed by atoms with Crippen molar-refractivity contribution in [2.75, 3.05) is 33.2 Å². The van der Waals surface area contributed by atoms with Crippen molar-refractivity contribution in [3.05, 3.63) is 46.5 Å². The van der Waals surface area contributed by atoms with Gasteiger partial charge in [0.15, 0.2) is 0 Å². The van der Waals surface area contributed by atoms with Crippen LogP contribution in [0.2, 0.25) is 5.02 Å². The third-order valence-corrected chi connectivity index (χ3v) is 5.17. The van der Waals surface area contributed by atoms with E-state index >= 15 is 0 Å². The van der Waals surface area contributed by atoms with Crippen molar-refractivity contribution < 1.29 is 4.79 Å². The molecule has 1 aliphatic heterocycles. The van der Waals surface area contributed by atoms with Crippen LogP contribution in [-0.4, -0.2) is 63.7 Å². The number of nitrogens with one attached hydrogen (secondary N) is 1. The molecule has 1 amide bonds. The Labute approximate surface area is 183 Å². The molecule has 0 saturated carbocycles. The van der Waals surface area contributed by atoms with Crippen LogP contribution in [0.1, 0.15) is 23.3 Å². The van der Waals surface area contributed by atoms with Gasteiger partial charge in [0.25, 0.3) is 0 Å². The fraction of sp³-hybridized carbons (Fsp3) is 0.500. The van der Waals surface area contributed by atoms with Crippen molar-refractivity contribution in [1.29, 1.82) is 0 Å². The Morgan fingerprint density at radius 1 is 1.32 bits per heavy atom. The van der Waals surface area contributed by atoms with Crippen molar-refractivity contribution in [3.8, 4) is 0 Å². The summed E-state index contributed by atoms with van der Waals surface area (Å²) in [4.78, 5) is 16.9. The van der Waals surface area contributed by atoms with E-state index in [0.717, 1.165) is 23.8 Å². The maximum absolute atomic E-state index is 13.0. The monoisotopic (exact) mass is 448 g/mol. The van der Waals surface area contributed by atoms with Gasteiger partial charge in [-0.3, -0.25) is 9.69 Å². The van der Waals surface area contributed by atoms with E-state index < -0.39 is 0 Å².